The summed E-state index contributed by atoms with van der Waals surface area (Å²) in [7, 11) is 0. The number of carbonyl (C=O) groups is 1. The van der Waals surface area contributed by atoms with Crippen molar-refractivity contribution >= 4 is 17.1 Å². The molecule has 0 saturated heterocycles. The summed E-state index contributed by atoms with van der Waals surface area (Å²) in [5.74, 6) is 0.433. The van der Waals surface area contributed by atoms with E-state index in [0.29, 0.717) is 23.1 Å². The molecule has 0 atom stereocenters. The number of nitrogens with one attached hydrogen (secondary N) is 1. The van der Waals surface area contributed by atoms with E-state index in [-0.39, 0.29) is 11.8 Å². The van der Waals surface area contributed by atoms with Crippen LogP contribution in [0.15, 0.2) is 47.3 Å². The van der Waals surface area contributed by atoms with Gasteiger partial charge in [-0.1, -0.05) is 0 Å². The minimum Gasteiger partial charge on any atom is -0.444 e. The van der Waals surface area contributed by atoms with Gasteiger partial charge in [0.15, 0.2) is 5.69 Å². The molecule has 1 saturated carbocycles. The number of amides is 1. The van der Waals surface area contributed by atoms with Crippen LogP contribution in [0.1, 0.15) is 60.5 Å². The molecule has 1 fully saturated rings. The number of hydrogen-bond acceptors (Lipinski definition) is 7. The first kappa shape index (κ1) is 23.2. The lowest BCUT2D eigenvalue weighted by Crippen LogP contribution is -2.28. The van der Waals surface area contributed by atoms with Crippen LogP contribution in [0.25, 0.3) is 17.0 Å². The van der Waals surface area contributed by atoms with Crippen molar-refractivity contribution in [1.82, 2.24) is 19.6 Å². The number of nitrogens with zero attached hydrogens (tertiary/aromatic N) is 4. The van der Waals surface area contributed by atoms with Gasteiger partial charge < -0.3 is 19.9 Å². The maximum atomic E-state index is 13.0. The molecule has 35 heavy (non-hydrogen) atoms. The van der Waals surface area contributed by atoms with Crippen LogP contribution in [0, 0.1) is 12.8 Å². The zero-order valence-electron chi connectivity index (χ0n) is 20.0. The summed E-state index contributed by atoms with van der Waals surface area (Å²) < 4.78 is 7.25. The van der Waals surface area contributed by atoms with Crippen LogP contribution in [0.2, 0.25) is 0 Å². The monoisotopic (exact) mass is 475 g/mol. The van der Waals surface area contributed by atoms with Crippen LogP contribution >= 0.6 is 0 Å². The molecule has 1 amide bonds. The highest BCUT2D eigenvalue weighted by Gasteiger charge is 2.27. The van der Waals surface area contributed by atoms with Crippen molar-refractivity contribution in [3.05, 3.63) is 65.6 Å². The van der Waals surface area contributed by atoms with Gasteiger partial charge in [-0.15, -0.1) is 0 Å². The molecular weight excluding hydrogens is 446 g/mol. The lowest BCUT2D eigenvalue weighted by molar-refractivity contribution is 0.0392. The first-order valence-corrected chi connectivity index (χ1v) is 11.8. The molecule has 5 rings (SSSR count). The van der Waals surface area contributed by atoms with Gasteiger partial charge in [-0.3, -0.25) is 9.78 Å². The maximum absolute atomic E-state index is 13.0. The second-order valence-corrected chi connectivity index (χ2v) is 9.87. The molecule has 0 aromatic carbocycles. The topological polar surface area (TPSA) is 126 Å². The van der Waals surface area contributed by atoms with Gasteiger partial charge >= 0.3 is 0 Å². The second kappa shape index (κ2) is 8.90. The van der Waals surface area contributed by atoms with Gasteiger partial charge in [0, 0.05) is 29.2 Å². The third-order valence-electron chi connectivity index (χ3n) is 6.46. The largest absolute Gasteiger partial charge is 0.444 e. The quantitative estimate of drug-likeness (QED) is 0.370. The lowest BCUT2D eigenvalue weighted by Gasteiger charge is -2.31. The van der Waals surface area contributed by atoms with E-state index in [1.54, 1.807) is 36.8 Å². The fraction of sp³-hybridized carbons (Fsp3) is 0.385. The van der Waals surface area contributed by atoms with Gasteiger partial charge in [-0.05, 0) is 76.6 Å². The molecule has 0 spiro atoms. The van der Waals surface area contributed by atoms with E-state index >= 15 is 0 Å². The average Bonchev–Trinajstić information content (AvgIpc) is 3.41. The second-order valence-electron chi connectivity index (χ2n) is 9.87. The zero-order valence-corrected chi connectivity index (χ0v) is 20.0. The summed E-state index contributed by atoms with van der Waals surface area (Å²) in [6.45, 7) is 5.19. The molecule has 0 unspecified atom stereocenters. The molecule has 0 radical (unpaired) electrons. The van der Waals surface area contributed by atoms with Crippen LogP contribution < -0.4 is 5.32 Å². The summed E-state index contributed by atoms with van der Waals surface area (Å²) in [6, 6.07) is 7.39. The van der Waals surface area contributed by atoms with Crippen LogP contribution in [-0.4, -0.2) is 41.8 Å². The van der Waals surface area contributed by atoms with Gasteiger partial charge in [0.2, 0.25) is 5.89 Å². The van der Waals surface area contributed by atoms with Crippen molar-refractivity contribution in [3.63, 3.8) is 0 Å². The van der Waals surface area contributed by atoms with Crippen LogP contribution in [0.5, 0.6) is 0 Å². The third-order valence-corrected chi connectivity index (χ3v) is 6.46. The van der Waals surface area contributed by atoms with Crippen LogP contribution in [-0.2, 0) is 12.0 Å². The first-order valence-electron chi connectivity index (χ1n) is 11.8. The van der Waals surface area contributed by atoms with E-state index in [1.165, 1.54) is 6.26 Å². The molecule has 1 aliphatic carbocycles. The fourth-order valence-corrected chi connectivity index (χ4v) is 4.47. The summed E-state index contributed by atoms with van der Waals surface area (Å²) in [4.78, 5) is 21.5. The highest BCUT2D eigenvalue weighted by molar-refractivity contribution is 6.03. The Kier molecular flexibility index (Phi) is 5.90. The number of aliphatic hydroxyl groups excluding tert-OH is 1. The molecule has 9 heteroatoms. The van der Waals surface area contributed by atoms with Crippen molar-refractivity contribution < 1.29 is 19.4 Å². The minimum absolute atomic E-state index is 0.132. The summed E-state index contributed by atoms with van der Waals surface area (Å²) in [6.07, 6.45) is 8.08. The smallest absolute Gasteiger partial charge is 0.277 e. The predicted molar refractivity (Wildman–Crippen MR) is 130 cm³/mol. The van der Waals surface area contributed by atoms with Crippen molar-refractivity contribution in [1.29, 1.82) is 0 Å². The Morgan fingerprint density at radius 1 is 1.29 bits per heavy atom. The Morgan fingerprint density at radius 3 is 2.80 bits per heavy atom. The van der Waals surface area contributed by atoms with Crippen molar-refractivity contribution in [2.75, 3.05) is 5.32 Å². The lowest BCUT2D eigenvalue weighted by atomic mass is 9.79. The first-order chi connectivity index (χ1) is 16.7. The van der Waals surface area contributed by atoms with Crippen molar-refractivity contribution in [2.24, 2.45) is 5.92 Å². The van der Waals surface area contributed by atoms with E-state index < -0.39 is 11.5 Å². The number of hydrogen-bond donors (Lipinski definition) is 3. The highest BCUT2D eigenvalue weighted by Crippen LogP contribution is 2.32. The summed E-state index contributed by atoms with van der Waals surface area (Å²) in [5, 5.41) is 27.8. The third kappa shape index (κ3) is 4.96. The number of fused-ring (bicyclic) bond motifs is 1. The molecule has 9 nitrogen and oxygen atoms in total. The van der Waals surface area contributed by atoms with Crippen LogP contribution in [0.4, 0.5) is 5.69 Å². The molecule has 3 N–H and O–H groups in total. The molecule has 0 aliphatic heterocycles. The molecule has 0 bridgehead atoms. The Labute approximate surface area is 202 Å². The fourth-order valence-electron chi connectivity index (χ4n) is 4.47. The van der Waals surface area contributed by atoms with E-state index in [4.69, 9.17) is 4.42 Å². The van der Waals surface area contributed by atoms with Crippen molar-refractivity contribution in [2.45, 2.75) is 58.2 Å². The molecule has 1 aliphatic rings. The number of carbonyl (C=O) groups excluding carboxylic acids is 1. The molecule has 182 valence electrons. The number of aromatic nitrogens is 4. The Hall–Kier alpha value is -3.56. The van der Waals surface area contributed by atoms with E-state index in [0.717, 1.165) is 48.2 Å². The predicted octanol–water partition coefficient (Wildman–Crippen LogP) is 3.88. The Balaban J connectivity index is 1.38. The maximum Gasteiger partial charge on any atom is 0.277 e. The number of aryl methyl sites for hydroxylation is 2. The Bertz CT molecular complexity index is 1380. The molecule has 4 heterocycles. The minimum atomic E-state index is -1.21. The van der Waals surface area contributed by atoms with Crippen LogP contribution in [0.3, 0.4) is 0 Å². The SMILES string of the molecule is Cc1cc(-c2nc(C(=O)Nc3cc4cc(CCC5CC(O)C5)nn4cc3C(C)(C)O)co2)ccn1. The molecule has 4 aromatic rings. The van der Waals surface area contributed by atoms with E-state index in [2.05, 4.69) is 20.4 Å². The normalized spacial score (nSPS) is 18.0. The van der Waals surface area contributed by atoms with E-state index in [1.807, 2.05) is 25.1 Å². The molecule has 4 aromatic heterocycles. The standard InChI is InChI=1S/C26H29N5O4/c1-15-8-17(6-7-27-15)25-29-23(14-35-25)24(33)28-22-12-19-11-18(5-4-16-9-20(32)10-16)30-31(19)13-21(22)26(2,3)34/h6-8,11-14,16,20,32,34H,4-5,9-10H2,1-3H3,(H,28,33). The number of anilines is 1. The zero-order chi connectivity index (χ0) is 24.7. The van der Waals surface area contributed by atoms with Crippen molar-refractivity contribution in [3.8, 4) is 11.5 Å². The Morgan fingerprint density at radius 2 is 2.09 bits per heavy atom. The number of pyridine rings is 2. The highest BCUT2D eigenvalue weighted by atomic mass is 16.3. The summed E-state index contributed by atoms with van der Waals surface area (Å²) >= 11 is 0. The number of rotatable bonds is 7. The summed E-state index contributed by atoms with van der Waals surface area (Å²) in [5.41, 5.74) is 3.23. The van der Waals surface area contributed by atoms with Gasteiger partial charge in [-0.2, -0.15) is 5.10 Å². The molecular formula is C26H29N5O4. The number of oxazole rings is 1. The number of aliphatic hydroxyl groups is 2. The van der Waals surface area contributed by atoms with Gasteiger partial charge in [-0.25, -0.2) is 9.50 Å². The average molecular weight is 476 g/mol. The van der Waals surface area contributed by atoms with E-state index in [9.17, 15) is 15.0 Å². The van der Waals surface area contributed by atoms with Gasteiger partial charge in [0.25, 0.3) is 5.91 Å². The van der Waals surface area contributed by atoms with Gasteiger partial charge in [0.1, 0.15) is 6.26 Å². The van der Waals surface area contributed by atoms with Gasteiger partial charge in [0.05, 0.1) is 28.6 Å².